The number of rotatable bonds is 13. The molecule has 3 N–H and O–H groups in total. The van der Waals surface area contributed by atoms with Gasteiger partial charge in [0.25, 0.3) is 5.91 Å². The van der Waals surface area contributed by atoms with Crippen molar-refractivity contribution in [2.24, 2.45) is 5.73 Å². The molecule has 0 saturated carbocycles. The minimum Gasteiger partial charge on any atom is -0.490 e. The molecule has 1 amide bonds. The van der Waals surface area contributed by atoms with Gasteiger partial charge in [0, 0.05) is 11.8 Å². The number of aliphatic hydroxyl groups excluding tert-OH is 1. The van der Waals surface area contributed by atoms with Crippen molar-refractivity contribution in [3.63, 3.8) is 0 Å². The molecule has 0 bridgehead atoms. The Balaban J connectivity index is 1.87. The number of amides is 1. The number of hydrogen-bond donors (Lipinski definition) is 2. The summed E-state index contributed by atoms with van der Waals surface area (Å²) in [6, 6.07) is 9.64. The Hall–Kier alpha value is -2.09. The second kappa shape index (κ2) is 11.0. The van der Waals surface area contributed by atoms with Crippen LogP contribution in [0.5, 0.6) is 11.5 Å². The number of primary amides is 1. The molecular formula is C21H31N2O4S+. The van der Waals surface area contributed by atoms with Crippen LogP contribution in [0.15, 0.2) is 41.1 Å². The third-order valence-corrected chi connectivity index (χ3v) is 5.72. The number of benzene rings is 1. The van der Waals surface area contributed by atoms with E-state index in [0.29, 0.717) is 18.9 Å². The van der Waals surface area contributed by atoms with Crippen LogP contribution in [0.25, 0.3) is 0 Å². The van der Waals surface area contributed by atoms with Crippen molar-refractivity contribution in [2.45, 2.75) is 26.4 Å². The molecule has 0 fully saturated rings. The van der Waals surface area contributed by atoms with Crippen LogP contribution < -0.4 is 15.2 Å². The summed E-state index contributed by atoms with van der Waals surface area (Å²) < 4.78 is 11.8. The van der Waals surface area contributed by atoms with Gasteiger partial charge in [0.2, 0.25) is 0 Å². The minimum absolute atomic E-state index is 0.115. The third-order valence-electron chi connectivity index (χ3n) is 5.06. The van der Waals surface area contributed by atoms with Crippen LogP contribution in [0.1, 0.15) is 19.4 Å². The number of aliphatic hydroxyl groups is 1. The Kier molecular flexibility index (Phi) is 8.76. The van der Waals surface area contributed by atoms with Gasteiger partial charge in [-0.3, -0.25) is 4.79 Å². The predicted octanol–water partition coefficient (Wildman–Crippen LogP) is 2.45. The summed E-state index contributed by atoms with van der Waals surface area (Å²) in [5.74, 6) is 0.961. The molecule has 2 aromatic rings. The standard InChI is InChI=1S/C21H30N2O4S/c1-3-23(4-2,13-18(24)14-26-20-10-12-28-16-20)11-9-17-5-7-19(8-6-17)27-15-21(22)25/h5-8,10,12,16,18,24H,3-4,9,11,13-15H2,1-2H3,(H-,22,25)/p+1. The first kappa shape index (κ1) is 22.2. The number of likely N-dealkylation sites (N-methyl/N-ethyl adjacent to an activating group) is 1. The lowest BCUT2D eigenvalue weighted by Crippen LogP contribution is -2.54. The highest BCUT2D eigenvalue weighted by atomic mass is 32.1. The highest BCUT2D eigenvalue weighted by Crippen LogP contribution is 2.17. The van der Waals surface area contributed by atoms with Gasteiger partial charge in [0.05, 0.1) is 19.6 Å². The van der Waals surface area contributed by atoms with Crippen molar-refractivity contribution in [1.82, 2.24) is 0 Å². The van der Waals surface area contributed by atoms with Gasteiger partial charge < -0.3 is 24.8 Å². The second-order valence-corrected chi connectivity index (χ2v) is 7.73. The highest BCUT2D eigenvalue weighted by molar-refractivity contribution is 7.08. The normalized spacial score (nSPS) is 12.5. The van der Waals surface area contributed by atoms with E-state index in [-0.39, 0.29) is 6.61 Å². The molecule has 1 heterocycles. The highest BCUT2D eigenvalue weighted by Gasteiger charge is 2.27. The summed E-state index contributed by atoms with van der Waals surface area (Å²) in [5, 5.41) is 14.4. The Morgan fingerprint density at radius 2 is 1.86 bits per heavy atom. The summed E-state index contributed by atoms with van der Waals surface area (Å²) in [5.41, 5.74) is 6.28. The molecule has 0 aliphatic rings. The Morgan fingerprint density at radius 3 is 2.43 bits per heavy atom. The Morgan fingerprint density at radius 1 is 1.14 bits per heavy atom. The van der Waals surface area contributed by atoms with Crippen molar-refractivity contribution in [2.75, 3.05) is 39.4 Å². The first-order chi connectivity index (χ1) is 13.5. The fraction of sp³-hybridized carbons (Fsp3) is 0.476. The fourth-order valence-corrected chi connectivity index (χ4v) is 3.76. The fourth-order valence-electron chi connectivity index (χ4n) is 3.19. The summed E-state index contributed by atoms with van der Waals surface area (Å²) in [7, 11) is 0. The molecule has 1 atom stereocenters. The van der Waals surface area contributed by atoms with Gasteiger partial charge in [-0.05, 0) is 43.0 Å². The summed E-state index contributed by atoms with van der Waals surface area (Å²) in [6.07, 6.45) is 0.389. The molecule has 0 aliphatic heterocycles. The van der Waals surface area contributed by atoms with Gasteiger partial charge in [-0.25, -0.2) is 0 Å². The van der Waals surface area contributed by atoms with E-state index in [9.17, 15) is 9.90 Å². The molecule has 28 heavy (non-hydrogen) atoms. The molecule has 0 radical (unpaired) electrons. The van der Waals surface area contributed by atoms with E-state index in [0.717, 1.165) is 36.3 Å². The second-order valence-electron chi connectivity index (χ2n) is 6.95. The lowest BCUT2D eigenvalue weighted by molar-refractivity contribution is -0.927. The van der Waals surface area contributed by atoms with Gasteiger partial charge in [-0.2, -0.15) is 0 Å². The van der Waals surface area contributed by atoms with Gasteiger partial charge >= 0.3 is 0 Å². The maximum Gasteiger partial charge on any atom is 0.255 e. The van der Waals surface area contributed by atoms with E-state index in [4.69, 9.17) is 15.2 Å². The van der Waals surface area contributed by atoms with Gasteiger partial charge in [-0.15, -0.1) is 11.3 Å². The van der Waals surface area contributed by atoms with E-state index >= 15 is 0 Å². The van der Waals surface area contributed by atoms with E-state index in [1.807, 2.05) is 41.1 Å². The van der Waals surface area contributed by atoms with Crippen LogP contribution in [0, 0.1) is 0 Å². The molecule has 7 heteroatoms. The predicted molar refractivity (Wildman–Crippen MR) is 112 cm³/mol. The van der Waals surface area contributed by atoms with Crippen LogP contribution in [0.4, 0.5) is 0 Å². The molecule has 0 spiro atoms. The van der Waals surface area contributed by atoms with Crippen molar-refractivity contribution in [1.29, 1.82) is 0 Å². The SMILES string of the molecule is CC[N+](CC)(CCc1ccc(OCC(N)=O)cc1)CC(O)COc1ccsc1. The number of thiophene rings is 1. The Labute approximate surface area is 171 Å². The van der Waals surface area contributed by atoms with Crippen molar-refractivity contribution in [3.05, 3.63) is 46.7 Å². The monoisotopic (exact) mass is 407 g/mol. The van der Waals surface area contributed by atoms with E-state index in [1.54, 1.807) is 11.3 Å². The molecule has 154 valence electrons. The van der Waals surface area contributed by atoms with Crippen molar-refractivity contribution < 1.29 is 23.9 Å². The number of ether oxygens (including phenoxy) is 2. The zero-order valence-electron chi connectivity index (χ0n) is 16.7. The van der Waals surface area contributed by atoms with Crippen LogP contribution in [-0.2, 0) is 11.2 Å². The van der Waals surface area contributed by atoms with Gasteiger partial charge in [-0.1, -0.05) is 12.1 Å². The topological polar surface area (TPSA) is 81.8 Å². The molecule has 1 unspecified atom stereocenters. The van der Waals surface area contributed by atoms with Crippen molar-refractivity contribution in [3.8, 4) is 11.5 Å². The van der Waals surface area contributed by atoms with Gasteiger partial charge in [0.15, 0.2) is 6.61 Å². The first-order valence-electron chi connectivity index (χ1n) is 9.64. The Bertz CT molecular complexity index is 700. The van der Waals surface area contributed by atoms with E-state index in [1.165, 1.54) is 5.56 Å². The lowest BCUT2D eigenvalue weighted by Gasteiger charge is -2.38. The lowest BCUT2D eigenvalue weighted by atomic mass is 10.1. The minimum atomic E-state index is -0.510. The molecular weight excluding hydrogens is 376 g/mol. The maximum absolute atomic E-state index is 10.8. The number of carbonyl (C=O) groups excluding carboxylic acids is 1. The summed E-state index contributed by atoms with van der Waals surface area (Å²) >= 11 is 1.58. The molecule has 2 rings (SSSR count). The third kappa shape index (κ3) is 7.14. The molecule has 1 aromatic heterocycles. The van der Waals surface area contributed by atoms with Crippen LogP contribution in [0.3, 0.4) is 0 Å². The van der Waals surface area contributed by atoms with Gasteiger partial charge in [0.1, 0.15) is 30.8 Å². The van der Waals surface area contributed by atoms with Crippen LogP contribution >= 0.6 is 11.3 Å². The zero-order valence-corrected chi connectivity index (χ0v) is 17.5. The van der Waals surface area contributed by atoms with Crippen LogP contribution in [-0.4, -0.2) is 61.0 Å². The summed E-state index contributed by atoms with van der Waals surface area (Å²) in [6.45, 7) is 8.02. The van der Waals surface area contributed by atoms with E-state index in [2.05, 4.69) is 13.8 Å². The number of nitrogens with two attached hydrogens (primary N) is 1. The van der Waals surface area contributed by atoms with E-state index < -0.39 is 12.0 Å². The first-order valence-corrected chi connectivity index (χ1v) is 10.6. The quantitative estimate of drug-likeness (QED) is 0.500. The largest absolute Gasteiger partial charge is 0.490 e. The smallest absolute Gasteiger partial charge is 0.255 e. The molecule has 0 saturated heterocycles. The molecule has 1 aromatic carbocycles. The summed E-state index contributed by atoms with van der Waals surface area (Å²) in [4.78, 5) is 10.8. The van der Waals surface area contributed by atoms with Crippen LogP contribution in [0.2, 0.25) is 0 Å². The number of quaternary nitrogens is 1. The number of nitrogens with zero attached hydrogens (tertiary/aromatic N) is 1. The zero-order chi connectivity index (χ0) is 20.4. The molecule has 6 nitrogen and oxygen atoms in total. The average Bonchev–Trinajstić information content (AvgIpc) is 3.22. The average molecular weight is 408 g/mol. The van der Waals surface area contributed by atoms with Crippen molar-refractivity contribution >= 4 is 17.2 Å². The number of carbonyl (C=O) groups is 1. The maximum atomic E-state index is 10.8. The molecule has 0 aliphatic carbocycles. The number of hydrogen-bond acceptors (Lipinski definition) is 5.